The molecule has 3 rings (SSSR count). The van der Waals surface area contributed by atoms with E-state index < -0.39 is 12.1 Å². The highest BCUT2D eigenvalue weighted by Crippen LogP contribution is 2.28. The molecule has 1 atom stereocenters. The molecule has 186 valence electrons. The molecule has 2 aromatic carbocycles. The molecule has 0 aliphatic heterocycles. The van der Waals surface area contributed by atoms with E-state index in [4.69, 9.17) is 27.3 Å². The molecule has 0 spiro atoms. The number of pyridine rings is 1. The lowest BCUT2D eigenvalue weighted by atomic mass is 10.0. The van der Waals surface area contributed by atoms with E-state index >= 15 is 0 Å². The number of aryl methyl sites for hydroxylation is 1. The van der Waals surface area contributed by atoms with Gasteiger partial charge in [0.2, 0.25) is 5.91 Å². The minimum absolute atomic E-state index is 0.222. The van der Waals surface area contributed by atoms with E-state index in [1.165, 1.54) is 12.3 Å². The van der Waals surface area contributed by atoms with E-state index in [9.17, 15) is 9.59 Å². The second kappa shape index (κ2) is 13.1. The van der Waals surface area contributed by atoms with Crippen LogP contribution in [0.2, 0.25) is 5.02 Å². The molecule has 1 unspecified atom stereocenters. The van der Waals surface area contributed by atoms with E-state index in [2.05, 4.69) is 20.9 Å². The number of nitrogens with one attached hydrogen (secondary N) is 3. The van der Waals surface area contributed by atoms with Gasteiger partial charge in [0, 0.05) is 17.8 Å². The average molecular weight is 507 g/mol. The summed E-state index contributed by atoms with van der Waals surface area (Å²) in [5, 5.41) is 17.3. The van der Waals surface area contributed by atoms with Gasteiger partial charge in [0.15, 0.2) is 0 Å². The molecule has 3 aromatic rings. The van der Waals surface area contributed by atoms with Crippen LogP contribution in [0.3, 0.4) is 0 Å². The highest BCUT2D eigenvalue weighted by molar-refractivity contribution is 6.31. The molecule has 0 fully saturated rings. The van der Waals surface area contributed by atoms with E-state index in [-0.39, 0.29) is 11.7 Å². The van der Waals surface area contributed by atoms with Gasteiger partial charge in [0.1, 0.15) is 17.6 Å². The first kappa shape index (κ1) is 26.5. The normalized spacial score (nSPS) is 11.2. The number of ether oxygens (including phenoxy) is 1. The monoisotopic (exact) mass is 506 g/mol. The number of aromatic nitrogens is 1. The van der Waals surface area contributed by atoms with Gasteiger partial charge in [-0.05, 0) is 61.2 Å². The molecule has 5 N–H and O–H groups in total. The molecule has 1 heterocycles. The van der Waals surface area contributed by atoms with Crippen molar-refractivity contribution in [3.63, 3.8) is 0 Å². The topological polar surface area (TPSA) is 142 Å². The Balaban J connectivity index is 1.45. The maximum absolute atomic E-state index is 12.4. The quantitative estimate of drug-likeness (QED) is 0.306. The summed E-state index contributed by atoms with van der Waals surface area (Å²) in [5.74, 6) is 0.484. The molecular formula is C26H27ClN6O3. The largest absolute Gasteiger partial charge is 0.491 e. The number of hydrogen-bond acceptors (Lipinski definition) is 6. The van der Waals surface area contributed by atoms with Gasteiger partial charge in [-0.1, -0.05) is 35.9 Å². The summed E-state index contributed by atoms with van der Waals surface area (Å²) in [4.78, 5) is 28.7. The molecule has 0 radical (unpaired) electrons. The minimum Gasteiger partial charge on any atom is -0.491 e. The summed E-state index contributed by atoms with van der Waals surface area (Å²) < 4.78 is 5.79. The van der Waals surface area contributed by atoms with Crippen molar-refractivity contribution in [2.24, 2.45) is 5.73 Å². The lowest BCUT2D eigenvalue weighted by molar-refractivity contribution is -0.122. The number of urea groups is 1. The Kier molecular flexibility index (Phi) is 9.63. The second-order valence-corrected chi connectivity index (χ2v) is 8.43. The molecular weight excluding hydrogens is 480 g/mol. The molecule has 3 amide bonds. The number of benzene rings is 2. The number of anilines is 2. The van der Waals surface area contributed by atoms with Gasteiger partial charge in [-0.15, -0.1) is 0 Å². The van der Waals surface area contributed by atoms with Crippen molar-refractivity contribution in [1.82, 2.24) is 10.3 Å². The zero-order valence-electron chi connectivity index (χ0n) is 19.8. The van der Waals surface area contributed by atoms with Crippen molar-refractivity contribution >= 4 is 35.0 Å². The van der Waals surface area contributed by atoms with Crippen LogP contribution in [0.1, 0.15) is 23.1 Å². The molecule has 36 heavy (non-hydrogen) atoms. The Hall–Kier alpha value is -4.13. The second-order valence-electron chi connectivity index (χ2n) is 7.99. The molecule has 1 aromatic heterocycles. The van der Waals surface area contributed by atoms with E-state index in [0.717, 1.165) is 11.1 Å². The fourth-order valence-corrected chi connectivity index (χ4v) is 3.47. The summed E-state index contributed by atoms with van der Waals surface area (Å²) in [6.45, 7) is 2.68. The Morgan fingerprint density at radius 1 is 1.17 bits per heavy atom. The predicted molar refractivity (Wildman–Crippen MR) is 139 cm³/mol. The molecule has 0 saturated heterocycles. The van der Waals surface area contributed by atoms with Crippen LogP contribution < -0.4 is 26.4 Å². The zero-order chi connectivity index (χ0) is 25.9. The summed E-state index contributed by atoms with van der Waals surface area (Å²) >= 11 is 6.08. The molecule has 10 heteroatoms. The highest BCUT2D eigenvalue weighted by Gasteiger charge is 2.15. The van der Waals surface area contributed by atoms with Crippen LogP contribution in [0, 0.1) is 18.3 Å². The number of rotatable bonds is 10. The van der Waals surface area contributed by atoms with Crippen molar-refractivity contribution in [1.29, 1.82) is 5.26 Å². The van der Waals surface area contributed by atoms with Crippen LogP contribution in [-0.2, 0) is 11.2 Å². The number of nitrogens with two attached hydrogens (primary N) is 1. The van der Waals surface area contributed by atoms with Gasteiger partial charge in [-0.3, -0.25) is 10.1 Å². The van der Waals surface area contributed by atoms with Crippen LogP contribution in [0.15, 0.2) is 60.8 Å². The summed E-state index contributed by atoms with van der Waals surface area (Å²) in [6.07, 6.45) is 2.36. The van der Waals surface area contributed by atoms with Crippen LogP contribution in [0.4, 0.5) is 16.3 Å². The van der Waals surface area contributed by atoms with Gasteiger partial charge in [-0.25, -0.2) is 9.78 Å². The first-order valence-corrected chi connectivity index (χ1v) is 11.7. The van der Waals surface area contributed by atoms with Crippen molar-refractivity contribution < 1.29 is 14.3 Å². The Morgan fingerprint density at radius 2 is 1.97 bits per heavy atom. The van der Waals surface area contributed by atoms with E-state index in [1.807, 2.05) is 37.3 Å². The summed E-state index contributed by atoms with van der Waals surface area (Å²) in [6, 6.07) is 16.5. The van der Waals surface area contributed by atoms with Crippen LogP contribution in [0.5, 0.6) is 5.75 Å². The minimum atomic E-state index is -0.636. The molecule has 0 bridgehead atoms. The first-order valence-electron chi connectivity index (χ1n) is 11.3. The Bertz CT molecular complexity index is 1240. The molecule has 0 aliphatic rings. The smallest absolute Gasteiger partial charge is 0.324 e. The SMILES string of the molecule is Cc1ccccc1CC(N)C(=O)NCCCOc1ccc(Cl)cc1NC(=O)Nc1ccc(C#N)cn1. The fraction of sp³-hybridized carbons (Fsp3) is 0.231. The maximum atomic E-state index is 12.4. The third-order valence-corrected chi connectivity index (χ3v) is 5.47. The van der Waals surface area contributed by atoms with Gasteiger partial charge in [0.25, 0.3) is 0 Å². The highest BCUT2D eigenvalue weighted by atomic mass is 35.5. The number of nitriles is 1. The molecule has 0 aliphatic carbocycles. The van der Waals surface area contributed by atoms with Crippen LogP contribution in [0.25, 0.3) is 0 Å². The van der Waals surface area contributed by atoms with E-state index in [0.29, 0.717) is 48.0 Å². The number of amides is 3. The van der Waals surface area contributed by atoms with Crippen LogP contribution in [-0.4, -0.2) is 36.1 Å². The van der Waals surface area contributed by atoms with Crippen molar-refractivity contribution in [3.05, 3.63) is 82.5 Å². The summed E-state index contributed by atoms with van der Waals surface area (Å²) in [5.41, 5.74) is 8.96. The standard InChI is InChI=1S/C26H27ClN6O3/c1-17-5-2-3-6-19(17)13-21(29)25(34)30-11-4-12-36-23-9-8-20(27)14-22(23)32-26(35)33-24-10-7-18(15-28)16-31-24/h2-3,5-10,14,16,21H,4,11-13,29H2,1H3,(H,30,34)(H2,31,32,33,35). The van der Waals surface area contributed by atoms with Crippen molar-refractivity contribution in [2.75, 3.05) is 23.8 Å². The third kappa shape index (κ3) is 7.98. The van der Waals surface area contributed by atoms with Crippen LogP contribution >= 0.6 is 11.6 Å². The van der Waals surface area contributed by atoms with Gasteiger partial charge in [0.05, 0.1) is 23.9 Å². The van der Waals surface area contributed by atoms with Crippen molar-refractivity contribution in [2.45, 2.75) is 25.8 Å². The number of hydrogen-bond donors (Lipinski definition) is 4. The number of nitrogens with zero attached hydrogens (tertiary/aromatic N) is 2. The van der Waals surface area contributed by atoms with Gasteiger partial charge >= 0.3 is 6.03 Å². The average Bonchev–Trinajstić information content (AvgIpc) is 2.86. The van der Waals surface area contributed by atoms with E-state index in [1.54, 1.807) is 24.3 Å². The molecule has 0 saturated carbocycles. The first-order chi connectivity index (χ1) is 17.4. The maximum Gasteiger partial charge on any atom is 0.324 e. The van der Waals surface area contributed by atoms with Gasteiger partial charge in [-0.2, -0.15) is 5.26 Å². The number of carbonyl (C=O) groups excluding carboxylic acids is 2. The lowest BCUT2D eigenvalue weighted by Crippen LogP contribution is -2.42. The number of carbonyl (C=O) groups is 2. The predicted octanol–water partition coefficient (Wildman–Crippen LogP) is 4.01. The Labute approximate surface area is 214 Å². The summed E-state index contributed by atoms with van der Waals surface area (Å²) in [7, 11) is 0. The third-order valence-electron chi connectivity index (χ3n) is 5.24. The van der Waals surface area contributed by atoms with Gasteiger partial charge < -0.3 is 21.1 Å². The lowest BCUT2D eigenvalue weighted by Gasteiger charge is -2.15. The number of halogens is 1. The fourth-order valence-electron chi connectivity index (χ4n) is 3.30. The van der Waals surface area contributed by atoms with Crippen molar-refractivity contribution in [3.8, 4) is 11.8 Å². The molecule has 9 nitrogen and oxygen atoms in total. The Morgan fingerprint density at radius 3 is 2.69 bits per heavy atom. The zero-order valence-corrected chi connectivity index (χ0v) is 20.5.